The second kappa shape index (κ2) is 6.76. The molecular weight excluding hydrogens is 188 g/mol. The van der Waals surface area contributed by atoms with Crippen LogP contribution < -0.4 is 5.43 Å². The van der Waals surface area contributed by atoms with Crippen LogP contribution in [0.25, 0.3) is 0 Å². The minimum absolute atomic E-state index is 0.0754. The molecule has 0 radical (unpaired) electrons. The van der Waals surface area contributed by atoms with Gasteiger partial charge in [-0.1, -0.05) is 43.7 Å². The first-order valence-corrected chi connectivity index (χ1v) is 5.17. The van der Waals surface area contributed by atoms with Gasteiger partial charge in [0.05, 0.1) is 6.42 Å². The predicted octanol–water partition coefficient (Wildman–Crippen LogP) is 2.13. The lowest BCUT2D eigenvalue weighted by Gasteiger charge is -1.99. The van der Waals surface area contributed by atoms with E-state index in [1.165, 1.54) is 0 Å². The van der Waals surface area contributed by atoms with E-state index in [0.29, 0.717) is 6.42 Å². The van der Waals surface area contributed by atoms with Gasteiger partial charge in [0.25, 0.3) is 0 Å². The zero-order valence-corrected chi connectivity index (χ0v) is 8.94. The highest BCUT2D eigenvalue weighted by atomic mass is 16.2. The first kappa shape index (κ1) is 11.4. The van der Waals surface area contributed by atoms with Crippen molar-refractivity contribution in [1.29, 1.82) is 0 Å². The summed E-state index contributed by atoms with van der Waals surface area (Å²) in [6.45, 7) is 2.07. The third-order valence-corrected chi connectivity index (χ3v) is 1.91. The third-order valence-electron chi connectivity index (χ3n) is 1.91. The quantitative estimate of drug-likeness (QED) is 0.579. The molecule has 1 amide bonds. The number of unbranched alkanes of at least 4 members (excludes halogenated alkanes) is 1. The van der Waals surface area contributed by atoms with Gasteiger partial charge in [0, 0.05) is 6.21 Å². The Morgan fingerprint density at radius 2 is 2.13 bits per heavy atom. The van der Waals surface area contributed by atoms with E-state index in [1.54, 1.807) is 6.21 Å². The fraction of sp³-hybridized carbons (Fsp3) is 0.333. The largest absolute Gasteiger partial charge is 0.273 e. The first-order chi connectivity index (χ1) is 7.33. The van der Waals surface area contributed by atoms with Crippen LogP contribution in [0.4, 0.5) is 0 Å². The SMILES string of the molecule is CCCC=NNC(=O)Cc1ccccc1. The van der Waals surface area contributed by atoms with Crippen LogP contribution in [-0.2, 0) is 11.2 Å². The molecule has 1 rings (SSSR count). The summed E-state index contributed by atoms with van der Waals surface area (Å²) in [4.78, 5) is 11.4. The van der Waals surface area contributed by atoms with Crippen molar-refractivity contribution < 1.29 is 4.79 Å². The summed E-state index contributed by atoms with van der Waals surface area (Å²) in [6, 6.07) is 9.62. The fourth-order valence-corrected chi connectivity index (χ4v) is 1.13. The lowest BCUT2D eigenvalue weighted by Crippen LogP contribution is -2.19. The molecule has 80 valence electrons. The third kappa shape index (κ3) is 4.96. The van der Waals surface area contributed by atoms with Gasteiger partial charge in [-0.3, -0.25) is 4.79 Å². The average molecular weight is 204 g/mol. The second-order valence-corrected chi connectivity index (χ2v) is 3.30. The number of benzene rings is 1. The van der Waals surface area contributed by atoms with Gasteiger partial charge in [0.1, 0.15) is 0 Å². The molecule has 0 bridgehead atoms. The maximum Gasteiger partial charge on any atom is 0.244 e. The first-order valence-electron chi connectivity index (χ1n) is 5.17. The molecule has 15 heavy (non-hydrogen) atoms. The number of nitrogens with one attached hydrogen (secondary N) is 1. The van der Waals surface area contributed by atoms with E-state index in [2.05, 4.69) is 17.5 Å². The Morgan fingerprint density at radius 3 is 2.80 bits per heavy atom. The van der Waals surface area contributed by atoms with Crippen molar-refractivity contribution in [3.63, 3.8) is 0 Å². The van der Waals surface area contributed by atoms with Crippen molar-refractivity contribution >= 4 is 12.1 Å². The molecule has 0 aliphatic heterocycles. The normalized spacial score (nSPS) is 10.5. The van der Waals surface area contributed by atoms with Crippen LogP contribution in [0.1, 0.15) is 25.3 Å². The number of rotatable bonds is 5. The van der Waals surface area contributed by atoms with E-state index in [1.807, 2.05) is 30.3 Å². The number of carbonyl (C=O) groups excluding carboxylic acids is 1. The van der Waals surface area contributed by atoms with Gasteiger partial charge in [0.2, 0.25) is 5.91 Å². The van der Waals surface area contributed by atoms with Crippen LogP contribution in [0.5, 0.6) is 0 Å². The Balaban J connectivity index is 2.31. The molecule has 0 saturated carbocycles. The number of carbonyl (C=O) groups is 1. The zero-order valence-electron chi connectivity index (χ0n) is 8.94. The van der Waals surface area contributed by atoms with Crippen molar-refractivity contribution in [3.8, 4) is 0 Å². The highest BCUT2D eigenvalue weighted by Gasteiger charge is 1.99. The molecule has 1 aromatic carbocycles. The summed E-state index contributed by atoms with van der Waals surface area (Å²) in [5, 5.41) is 3.83. The van der Waals surface area contributed by atoms with E-state index >= 15 is 0 Å². The smallest absolute Gasteiger partial charge is 0.244 e. The molecule has 0 heterocycles. The van der Waals surface area contributed by atoms with E-state index in [9.17, 15) is 4.79 Å². The molecule has 0 fully saturated rings. The molecular formula is C12H16N2O. The zero-order chi connectivity index (χ0) is 10.9. The van der Waals surface area contributed by atoms with Crippen LogP contribution in [0, 0.1) is 0 Å². The fourth-order valence-electron chi connectivity index (χ4n) is 1.13. The summed E-state index contributed by atoms with van der Waals surface area (Å²) >= 11 is 0. The van der Waals surface area contributed by atoms with Gasteiger partial charge in [-0.05, 0) is 12.0 Å². The Bertz CT molecular complexity index is 320. The summed E-state index contributed by atoms with van der Waals surface area (Å²) in [5.41, 5.74) is 3.50. The van der Waals surface area contributed by atoms with E-state index in [0.717, 1.165) is 18.4 Å². The maximum absolute atomic E-state index is 11.4. The van der Waals surface area contributed by atoms with Gasteiger partial charge in [-0.15, -0.1) is 0 Å². The van der Waals surface area contributed by atoms with Crippen LogP contribution >= 0.6 is 0 Å². The predicted molar refractivity (Wildman–Crippen MR) is 61.7 cm³/mol. The number of nitrogens with zero attached hydrogens (tertiary/aromatic N) is 1. The standard InChI is InChI=1S/C12H16N2O/c1-2-3-9-13-14-12(15)10-11-7-5-4-6-8-11/h4-9H,2-3,10H2,1H3,(H,14,15). The molecule has 0 spiro atoms. The number of hydrogen-bond acceptors (Lipinski definition) is 2. The molecule has 0 saturated heterocycles. The topological polar surface area (TPSA) is 41.5 Å². The number of hydrazone groups is 1. The van der Waals surface area contributed by atoms with Crippen molar-refractivity contribution in [1.82, 2.24) is 5.43 Å². The second-order valence-electron chi connectivity index (χ2n) is 3.30. The molecule has 0 unspecified atom stereocenters. The van der Waals surface area contributed by atoms with Crippen molar-refractivity contribution in [2.75, 3.05) is 0 Å². The molecule has 0 aliphatic rings. The van der Waals surface area contributed by atoms with Crippen LogP contribution in [-0.4, -0.2) is 12.1 Å². The lowest BCUT2D eigenvalue weighted by molar-refractivity contribution is -0.120. The summed E-state index contributed by atoms with van der Waals surface area (Å²) in [6.07, 6.45) is 4.04. The van der Waals surface area contributed by atoms with E-state index in [4.69, 9.17) is 0 Å². The minimum Gasteiger partial charge on any atom is -0.273 e. The number of hydrogen-bond donors (Lipinski definition) is 1. The van der Waals surface area contributed by atoms with Crippen LogP contribution in [0.2, 0.25) is 0 Å². The number of amides is 1. The Kier molecular flexibility index (Phi) is 5.15. The summed E-state index contributed by atoms with van der Waals surface area (Å²) in [7, 11) is 0. The van der Waals surface area contributed by atoms with E-state index in [-0.39, 0.29) is 5.91 Å². The van der Waals surface area contributed by atoms with Crippen molar-refractivity contribution in [3.05, 3.63) is 35.9 Å². The average Bonchev–Trinajstić information content (AvgIpc) is 2.26. The summed E-state index contributed by atoms with van der Waals surface area (Å²) < 4.78 is 0. The lowest BCUT2D eigenvalue weighted by atomic mass is 10.1. The minimum atomic E-state index is -0.0754. The van der Waals surface area contributed by atoms with Crippen LogP contribution in [0.15, 0.2) is 35.4 Å². The van der Waals surface area contributed by atoms with Gasteiger partial charge >= 0.3 is 0 Å². The van der Waals surface area contributed by atoms with Crippen LogP contribution in [0.3, 0.4) is 0 Å². The Morgan fingerprint density at radius 1 is 1.40 bits per heavy atom. The molecule has 0 aliphatic carbocycles. The molecule has 1 aromatic rings. The highest BCUT2D eigenvalue weighted by molar-refractivity contribution is 5.79. The maximum atomic E-state index is 11.4. The molecule has 0 atom stereocenters. The Labute approximate surface area is 90.2 Å². The Hall–Kier alpha value is -1.64. The molecule has 3 heteroatoms. The molecule has 1 N–H and O–H groups in total. The highest BCUT2D eigenvalue weighted by Crippen LogP contribution is 1.98. The van der Waals surface area contributed by atoms with Gasteiger partial charge < -0.3 is 0 Å². The van der Waals surface area contributed by atoms with Gasteiger partial charge in [-0.2, -0.15) is 5.10 Å². The summed E-state index contributed by atoms with van der Waals surface area (Å²) in [5.74, 6) is -0.0754. The van der Waals surface area contributed by atoms with Crippen molar-refractivity contribution in [2.45, 2.75) is 26.2 Å². The molecule has 3 nitrogen and oxygen atoms in total. The van der Waals surface area contributed by atoms with E-state index < -0.39 is 0 Å². The van der Waals surface area contributed by atoms with Gasteiger partial charge in [0.15, 0.2) is 0 Å². The van der Waals surface area contributed by atoms with Gasteiger partial charge in [-0.25, -0.2) is 5.43 Å². The monoisotopic (exact) mass is 204 g/mol. The molecule has 0 aromatic heterocycles. The van der Waals surface area contributed by atoms with Crippen molar-refractivity contribution in [2.24, 2.45) is 5.10 Å².